The predicted octanol–water partition coefficient (Wildman–Crippen LogP) is 1.23. The number of imidazole rings is 1. The lowest BCUT2D eigenvalue weighted by Crippen LogP contribution is -2.18. The summed E-state index contributed by atoms with van der Waals surface area (Å²) >= 11 is 0. The topological polar surface area (TPSA) is 47.7 Å². The lowest BCUT2D eigenvalue weighted by Gasteiger charge is -2.04. The van der Waals surface area contributed by atoms with Gasteiger partial charge in [-0.2, -0.15) is 5.10 Å². The van der Waals surface area contributed by atoms with Gasteiger partial charge in [0.1, 0.15) is 0 Å². The molecule has 0 aromatic carbocycles. The van der Waals surface area contributed by atoms with Gasteiger partial charge < -0.3 is 9.88 Å². The molecule has 2 aromatic heterocycles. The molecular formula is C13H21N5. The van der Waals surface area contributed by atoms with Gasteiger partial charge in [-0.1, -0.05) is 0 Å². The molecule has 18 heavy (non-hydrogen) atoms. The Hall–Kier alpha value is -1.62. The highest BCUT2D eigenvalue weighted by atomic mass is 15.2. The van der Waals surface area contributed by atoms with Crippen LogP contribution in [0.3, 0.4) is 0 Å². The maximum Gasteiger partial charge on any atom is 0.0945 e. The lowest BCUT2D eigenvalue weighted by molar-refractivity contribution is 0.569. The largest absolute Gasteiger partial charge is 0.337 e. The number of hydrogen-bond acceptors (Lipinski definition) is 3. The summed E-state index contributed by atoms with van der Waals surface area (Å²) in [6.07, 6.45) is 13.1. The quantitative estimate of drug-likeness (QED) is 0.714. The number of aromatic nitrogens is 4. The molecule has 0 aliphatic carbocycles. The second kappa shape index (κ2) is 6.96. The molecule has 0 bridgehead atoms. The molecule has 1 N–H and O–H groups in total. The molecule has 0 amide bonds. The maximum absolute atomic E-state index is 4.15. The first-order chi connectivity index (χ1) is 8.84. The van der Waals surface area contributed by atoms with Crippen molar-refractivity contribution in [3.63, 3.8) is 0 Å². The normalized spacial score (nSPS) is 10.9. The summed E-state index contributed by atoms with van der Waals surface area (Å²) in [5, 5.41) is 7.61. The molecule has 2 rings (SSSR count). The van der Waals surface area contributed by atoms with Crippen molar-refractivity contribution in [2.75, 3.05) is 13.1 Å². The second-order valence-corrected chi connectivity index (χ2v) is 4.53. The Morgan fingerprint density at radius 1 is 1.28 bits per heavy atom. The third kappa shape index (κ3) is 4.33. The Morgan fingerprint density at radius 2 is 2.22 bits per heavy atom. The van der Waals surface area contributed by atoms with E-state index in [0.717, 1.165) is 26.1 Å². The molecular weight excluding hydrogens is 226 g/mol. The molecule has 0 saturated heterocycles. The molecule has 2 aromatic rings. The van der Waals surface area contributed by atoms with Crippen LogP contribution in [-0.2, 0) is 20.0 Å². The number of hydrogen-bond donors (Lipinski definition) is 1. The summed E-state index contributed by atoms with van der Waals surface area (Å²) in [5.74, 6) is 0. The van der Waals surface area contributed by atoms with Crippen molar-refractivity contribution in [3.05, 3.63) is 36.7 Å². The Labute approximate surface area is 108 Å². The monoisotopic (exact) mass is 247 g/mol. The maximum atomic E-state index is 4.15. The van der Waals surface area contributed by atoms with Crippen LogP contribution in [0.15, 0.2) is 31.1 Å². The summed E-state index contributed by atoms with van der Waals surface area (Å²) in [6.45, 7) is 3.16. The van der Waals surface area contributed by atoms with Gasteiger partial charge in [0.25, 0.3) is 0 Å². The lowest BCUT2D eigenvalue weighted by atomic mass is 10.2. The SMILES string of the molecule is Cn1cc(CCNCCCCn2ccnc2)cn1. The first-order valence-electron chi connectivity index (χ1n) is 6.48. The van der Waals surface area contributed by atoms with Crippen molar-refractivity contribution < 1.29 is 0 Å². The number of aryl methyl sites for hydroxylation is 2. The van der Waals surface area contributed by atoms with Crippen molar-refractivity contribution in [3.8, 4) is 0 Å². The molecule has 98 valence electrons. The molecule has 0 saturated carbocycles. The fourth-order valence-electron chi connectivity index (χ4n) is 1.92. The molecule has 2 heterocycles. The van der Waals surface area contributed by atoms with Crippen LogP contribution in [0.1, 0.15) is 18.4 Å². The number of rotatable bonds is 8. The van der Waals surface area contributed by atoms with Crippen LogP contribution in [-0.4, -0.2) is 32.4 Å². The summed E-state index contributed by atoms with van der Waals surface area (Å²) in [7, 11) is 1.95. The van der Waals surface area contributed by atoms with Gasteiger partial charge in [-0.05, 0) is 37.9 Å². The van der Waals surface area contributed by atoms with Crippen molar-refractivity contribution >= 4 is 0 Å². The smallest absolute Gasteiger partial charge is 0.0945 e. The van der Waals surface area contributed by atoms with Crippen molar-refractivity contribution in [2.24, 2.45) is 7.05 Å². The van der Waals surface area contributed by atoms with Gasteiger partial charge in [-0.15, -0.1) is 0 Å². The Balaban J connectivity index is 1.46. The van der Waals surface area contributed by atoms with Crippen LogP contribution in [0.5, 0.6) is 0 Å². The number of nitrogens with zero attached hydrogens (tertiary/aromatic N) is 4. The summed E-state index contributed by atoms with van der Waals surface area (Å²) in [6, 6.07) is 0. The van der Waals surface area contributed by atoms with Gasteiger partial charge >= 0.3 is 0 Å². The van der Waals surface area contributed by atoms with Crippen molar-refractivity contribution in [1.29, 1.82) is 0 Å². The predicted molar refractivity (Wildman–Crippen MR) is 71.2 cm³/mol. The van der Waals surface area contributed by atoms with E-state index in [9.17, 15) is 0 Å². The highest BCUT2D eigenvalue weighted by Crippen LogP contribution is 1.97. The molecule has 0 radical (unpaired) electrons. The minimum Gasteiger partial charge on any atom is -0.337 e. The van der Waals surface area contributed by atoms with E-state index in [0.29, 0.717) is 0 Å². The number of unbranched alkanes of at least 4 members (excludes halogenated alkanes) is 1. The minimum atomic E-state index is 1.02. The third-order valence-electron chi connectivity index (χ3n) is 2.93. The molecule has 0 atom stereocenters. The summed E-state index contributed by atoms with van der Waals surface area (Å²) in [5.41, 5.74) is 1.29. The Bertz CT molecular complexity index is 432. The molecule has 0 fully saturated rings. The van der Waals surface area contributed by atoms with Crippen molar-refractivity contribution in [1.82, 2.24) is 24.6 Å². The van der Waals surface area contributed by atoms with Gasteiger partial charge in [-0.3, -0.25) is 4.68 Å². The standard InChI is InChI=1S/C13H21N5/c1-17-11-13(10-16-17)4-6-14-5-2-3-8-18-9-7-15-12-18/h7,9-12,14H,2-6,8H2,1H3. The zero-order chi connectivity index (χ0) is 12.6. The second-order valence-electron chi connectivity index (χ2n) is 4.53. The van der Waals surface area contributed by atoms with Gasteiger partial charge in [0.05, 0.1) is 12.5 Å². The molecule has 0 aliphatic rings. The fourth-order valence-corrected chi connectivity index (χ4v) is 1.92. The molecule has 5 heteroatoms. The molecule has 0 spiro atoms. The van der Waals surface area contributed by atoms with Gasteiger partial charge in [-0.25, -0.2) is 4.98 Å². The van der Waals surface area contributed by atoms with Crippen LogP contribution in [0.4, 0.5) is 0 Å². The summed E-state index contributed by atoms with van der Waals surface area (Å²) < 4.78 is 3.97. The van der Waals surface area contributed by atoms with Crippen LogP contribution < -0.4 is 5.32 Å². The molecule has 0 aliphatic heterocycles. The first kappa shape index (κ1) is 12.8. The van der Waals surface area contributed by atoms with E-state index in [4.69, 9.17) is 0 Å². The Kier molecular flexibility index (Phi) is 4.96. The van der Waals surface area contributed by atoms with Crippen molar-refractivity contribution in [2.45, 2.75) is 25.8 Å². The third-order valence-corrected chi connectivity index (χ3v) is 2.93. The zero-order valence-electron chi connectivity index (χ0n) is 10.9. The van der Waals surface area contributed by atoms with E-state index in [-0.39, 0.29) is 0 Å². The molecule has 5 nitrogen and oxygen atoms in total. The minimum absolute atomic E-state index is 1.02. The first-order valence-corrected chi connectivity index (χ1v) is 6.48. The average Bonchev–Trinajstić information content (AvgIpc) is 3.00. The van der Waals surface area contributed by atoms with E-state index in [1.807, 2.05) is 36.6 Å². The van der Waals surface area contributed by atoms with Crippen LogP contribution in [0.25, 0.3) is 0 Å². The van der Waals surface area contributed by atoms with Gasteiger partial charge in [0.2, 0.25) is 0 Å². The van der Waals surface area contributed by atoms with E-state index < -0.39 is 0 Å². The highest BCUT2D eigenvalue weighted by Gasteiger charge is 1.96. The van der Waals surface area contributed by atoms with Crippen LogP contribution in [0.2, 0.25) is 0 Å². The summed E-state index contributed by atoms with van der Waals surface area (Å²) in [4.78, 5) is 4.03. The number of nitrogens with one attached hydrogen (secondary N) is 1. The van der Waals surface area contributed by atoms with E-state index in [1.165, 1.54) is 18.4 Å². The Morgan fingerprint density at radius 3 is 2.94 bits per heavy atom. The van der Waals surface area contributed by atoms with Gasteiger partial charge in [0, 0.05) is 32.2 Å². The highest BCUT2D eigenvalue weighted by molar-refractivity contribution is 5.03. The molecule has 0 unspecified atom stereocenters. The van der Waals surface area contributed by atoms with Gasteiger partial charge in [0.15, 0.2) is 0 Å². The fraction of sp³-hybridized carbons (Fsp3) is 0.538. The van der Waals surface area contributed by atoms with E-state index in [1.54, 1.807) is 0 Å². The zero-order valence-corrected chi connectivity index (χ0v) is 10.9. The van der Waals surface area contributed by atoms with E-state index in [2.05, 4.69) is 26.2 Å². The van der Waals surface area contributed by atoms with E-state index >= 15 is 0 Å². The average molecular weight is 247 g/mol. The van der Waals surface area contributed by atoms with Crippen LogP contribution in [0, 0.1) is 0 Å². The van der Waals surface area contributed by atoms with Crippen LogP contribution >= 0.6 is 0 Å².